The molecule has 0 radical (unpaired) electrons. The molecule has 3 aromatic rings. The third kappa shape index (κ3) is 3.81. The van der Waals surface area contributed by atoms with E-state index >= 15 is 0 Å². The maximum atomic E-state index is 12.1. The first-order valence-electron chi connectivity index (χ1n) is 7.57. The SMILES string of the molecule is Cc1csc2nc(C(C)NC(=O)/C=C/c3ccccc3Cl)oc(=O)c12. The number of hydrogen-bond acceptors (Lipinski definition) is 5. The van der Waals surface area contributed by atoms with Crippen LogP contribution in [0, 0.1) is 6.92 Å². The Morgan fingerprint density at radius 1 is 1.40 bits per heavy atom. The Labute approximate surface area is 153 Å². The van der Waals surface area contributed by atoms with Crippen LogP contribution in [0.1, 0.15) is 30.0 Å². The number of amides is 1. The first-order valence-corrected chi connectivity index (χ1v) is 8.83. The Balaban J connectivity index is 1.76. The number of carbonyl (C=O) groups excluding carboxylic acids is 1. The molecule has 128 valence electrons. The summed E-state index contributed by atoms with van der Waals surface area (Å²) < 4.78 is 5.25. The second-order valence-electron chi connectivity index (χ2n) is 5.52. The molecular formula is C18H15ClN2O3S. The first kappa shape index (κ1) is 17.4. The van der Waals surface area contributed by atoms with Crippen molar-refractivity contribution in [3.63, 3.8) is 0 Å². The van der Waals surface area contributed by atoms with Crippen molar-refractivity contribution in [3.05, 3.63) is 68.2 Å². The van der Waals surface area contributed by atoms with Crippen LogP contribution in [-0.2, 0) is 4.79 Å². The van der Waals surface area contributed by atoms with Gasteiger partial charge in [0.1, 0.15) is 10.9 Å². The highest BCUT2D eigenvalue weighted by Gasteiger charge is 2.16. The van der Waals surface area contributed by atoms with Crippen LogP contribution < -0.4 is 10.9 Å². The van der Waals surface area contributed by atoms with E-state index in [0.29, 0.717) is 15.2 Å². The number of hydrogen-bond donors (Lipinski definition) is 1. The Bertz CT molecular complexity index is 1020. The van der Waals surface area contributed by atoms with E-state index in [1.54, 1.807) is 19.1 Å². The Morgan fingerprint density at radius 3 is 2.92 bits per heavy atom. The van der Waals surface area contributed by atoms with Crippen molar-refractivity contribution >= 4 is 45.1 Å². The summed E-state index contributed by atoms with van der Waals surface area (Å²) in [6.45, 7) is 3.54. The molecule has 1 amide bonds. The minimum absolute atomic E-state index is 0.179. The fraction of sp³-hybridized carbons (Fsp3) is 0.167. The van der Waals surface area contributed by atoms with E-state index < -0.39 is 11.7 Å². The van der Waals surface area contributed by atoms with Crippen molar-refractivity contribution in [1.29, 1.82) is 0 Å². The monoisotopic (exact) mass is 374 g/mol. The average Bonchev–Trinajstić information content (AvgIpc) is 2.95. The lowest BCUT2D eigenvalue weighted by molar-refractivity contribution is -0.117. The molecule has 7 heteroatoms. The molecule has 1 atom stereocenters. The molecule has 1 aromatic carbocycles. The summed E-state index contributed by atoms with van der Waals surface area (Å²) in [7, 11) is 0. The average molecular weight is 375 g/mol. The highest BCUT2D eigenvalue weighted by Crippen LogP contribution is 2.22. The van der Waals surface area contributed by atoms with Gasteiger partial charge >= 0.3 is 5.63 Å². The molecule has 0 spiro atoms. The molecule has 1 N–H and O–H groups in total. The van der Waals surface area contributed by atoms with Crippen LogP contribution in [-0.4, -0.2) is 10.9 Å². The molecule has 0 fully saturated rings. The Hall–Kier alpha value is -2.44. The first-order chi connectivity index (χ1) is 12.0. The van der Waals surface area contributed by atoms with E-state index in [1.807, 2.05) is 30.5 Å². The van der Waals surface area contributed by atoms with Crippen LogP contribution in [0.25, 0.3) is 16.3 Å². The maximum absolute atomic E-state index is 12.1. The van der Waals surface area contributed by atoms with Crippen LogP contribution >= 0.6 is 22.9 Å². The summed E-state index contributed by atoms with van der Waals surface area (Å²) in [5, 5.41) is 5.63. The molecule has 1 unspecified atom stereocenters. The quantitative estimate of drug-likeness (QED) is 0.698. The summed E-state index contributed by atoms with van der Waals surface area (Å²) in [6, 6.07) is 6.67. The normalized spacial score (nSPS) is 12.6. The largest absolute Gasteiger partial charge is 0.406 e. The predicted octanol–water partition coefficient (Wildman–Crippen LogP) is 4.10. The number of thiophene rings is 1. The number of carbonyl (C=O) groups is 1. The number of nitrogens with zero attached hydrogens (tertiary/aromatic N) is 1. The third-order valence-corrected chi connectivity index (χ3v) is 4.95. The number of benzene rings is 1. The lowest BCUT2D eigenvalue weighted by atomic mass is 10.2. The molecule has 2 aromatic heterocycles. The number of fused-ring (bicyclic) bond motifs is 1. The summed E-state index contributed by atoms with van der Waals surface area (Å²) >= 11 is 7.42. The second-order valence-corrected chi connectivity index (χ2v) is 6.79. The van der Waals surface area contributed by atoms with Gasteiger partial charge in [-0.2, -0.15) is 0 Å². The van der Waals surface area contributed by atoms with E-state index in [0.717, 1.165) is 11.1 Å². The highest BCUT2D eigenvalue weighted by molar-refractivity contribution is 7.16. The van der Waals surface area contributed by atoms with Crippen molar-refractivity contribution in [3.8, 4) is 0 Å². The number of nitrogens with one attached hydrogen (secondary N) is 1. The van der Waals surface area contributed by atoms with Gasteiger partial charge in [0, 0.05) is 11.1 Å². The minimum Gasteiger partial charge on any atom is -0.406 e. The van der Waals surface area contributed by atoms with Gasteiger partial charge in [-0.15, -0.1) is 11.3 Å². The van der Waals surface area contributed by atoms with Gasteiger partial charge in [-0.25, -0.2) is 9.78 Å². The van der Waals surface area contributed by atoms with Gasteiger partial charge in [0.15, 0.2) is 0 Å². The summed E-state index contributed by atoms with van der Waals surface area (Å²) in [5.41, 5.74) is 1.14. The summed E-state index contributed by atoms with van der Waals surface area (Å²) in [4.78, 5) is 29.1. The zero-order valence-electron chi connectivity index (χ0n) is 13.6. The van der Waals surface area contributed by atoms with Gasteiger partial charge in [-0.3, -0.25) is 4.79 Å². The smallest absolute Gasteiger partial charge is 0.348 e. The number of rotatable bonds is 4. The molecule has 5 nitrogen and oxygen atoms in total. The summed E-state index contributed by atoms with van der Waals surface area (Å²) in [6.07, 6.45) is 3.00. The lowest BCUT2D eigenvalue weighted by Crippen LogP contribution is -2.26. The van der Waals surface area contributed by atoms with Gasteiger partial charge in [-0.1, -0.05) is 29.8 Å². The van der Waals surface area contributed by atoms with Gasteiger partial charge in [0.2, 0.25) is 11.8 Å². The molecule has 3 rings (SSSR count). The zero-order valence-corrected chi connectivity index (χ0v) is 15.1. The van der Waals surface area contributed by atoms with Gasteiger partial charge in [0.25, 0.3) is 0 Å². The van der Waals surface area contributed by atoms with Crippen LogP contribution in [0.2, 0.25) is 5.02 Å². The predicted molar refractivity (Wildman–Crippen MR) is 99.9 cm³/mol. The third-order valence-electron chi connectivity index (χ3n) is 3.62. The number of aryl methyl sites for hydroxylation is 1. The molecule has 0 saturated carbocycles. The van der Waals surface area contributed by atoms with E-state index in [9.17, 15) is 9.59 Å². The molecule has 0 aliphatic carbocycles. The van der Waals surface area contributed by atoms with Gasteiger partial charge in [0.05, 0.1) is 5.39 Å². The fourth-order valence-electron chi connectivity index (χ4n) is 2.31. The van der Waals surface area contributed by atoms with E-state index in [1.165, 1.54) is 17.4 Å². The molecule has 0 aliphatic rings. The second kappa shape index (κ2) is 7.21. The van der Waals surface area contributed by atoms with Gasteiger partial charge < -0.3 is 9.73 Å². The van der Waals surface area contributed by atoms with Crippen molar-refractivity contribution in [2.45, 2.75) is 19.9 Å². The standard InChI is InChI=1S/C18H15ClN2O3S/c1-10-9-25-17-15(10)18(23)24-16(21-17)11(2)20-14(22)8-7-12-5-3-4-6-13(12)19/h3-9,11H,1-2H3,(H,20,22)/b8-7+. The molecular weight excluding hydrogens is 360 g/mol. The van der Waals surface area contributed by atoms with Crippen LogP contribution in [0.4, 0.5) is 0 Å². The molecule has 0 bridgehead atoms. The van der Waals surface area contributed by atoms with Gasteiger partial charge in [-0.05, 0) is 42.5 Å². The van der Waals surface area contributed by atoms with E-state index in [2.05, 4.69) is 10.3 Å². The van der Waals surface area contributed by atoms with Crippen molar-refractivity contribution in [2.24, 2.45) is 0 Å². The lowest BCUT2D eigenvalue weighted by Gasteiger charge is -2.10. The topological polar surface area (TPSA) is 72.2 Å². The Morgan fingerprint density at radius 2 is 2.16 bits per heavy atom. The molecule has 0 saturated heterocycles. The summed E-state index contributed by atoms with van der Waals surface area (Å²) in [5.74, 6) is -0.154. The van der Waals surface area contributed by atoms with Crippen LogP contribution in [0.3, 0.4) is 0 Å². The van der Waals surface area contributed by atoms with Crippen molar-refractivity contribution in [1.82, 2.24) is 10.3 Å². The molecule has 0 aliphatic heterocycles. The minimum atomic E-state index is -0.539. The van der Waals surface area contributed by atoms with Crippen LogP contribution in [0.5, 0.6) is 0 Å². The fourth-order valence-corrected chi connectivity index (χ4v) is 3.42. The number of halogens is 1. The van der Waals surface area contributed by atoms with E-state index in [-0.39, 0.29) is 11.8 Å². The molecule has 2 heterocycles. The van der Waals surface area contributed by atoms with Crippen molar-refractivity contribution < 1.29 is 9.21 Å². The maximum Gasteiger partial charge on any atom is 0.348 e. The zero-order chi connectivity index (χ0) is 18.0. The van der Waals surface area contributed by atoms with Crippen molar-refractivity contribution in [2.75, 3.05) is 0 Å². The highest BCUT2D eigenvalue weighted by atomic mass is 35.5. The van der Waals surface area contributed by atoms with E-state index in [4.69, 9.17) is 16.0 Å². The Kier molecular flexibility index (Phi) is 5.01. The van der Waals surface area contributed by atoms with Crippen LogP contribution in [0.15, 0.2) is 44.9 Å². The number of aromatic nitrogens is 1. The molecule has 25 heavy (non-hydrogen) atoms.